The molecule has 0 bridgehead atoms. The highest BCUT2D eigenvalue weighted by Crippen LogP contribution is 2.40. The molecule has 10 unspecified atom stereocenters. The van der Waals surface area contributed by atoms with Crippen LogP contribution in [0.1, 0.15) is 45.1 Å². The normalized spacial score (nSPS) is 30.9. The van der Waals surface area contributed by atoms with Crippen LogP contribution in [0.15, 0.2) is 18.2 Å². The Labute approximate surface area is 284 Å². The predicted octanol–water partition coefficient (Wildman–Crippen LogP) is -2.52. The average molecular weight is 719 g/mol. The molecule has 0 amide bonds. The minimum atomic E-state index is -2.51. The van der Waals surface area contributed by atoms with E-state index in [0.717, 1.165) is 13.8 Å². The average Bonchev–Trinajstić information content (AvgIpc) is 3.01. The van der Waals surface area contributed by atoms with Crippen molar-refractivity contribution in [2.75, 3.05) is 20.3 Å². The third-order valence-electron chi connectivity index (χ3n) is 7.95. The molecular weight excluding hydrogens is 676 g/mol. The van der Waals surface area contributed by atoms with E-state index in [9.17, 15) is 65.1 Å². The van der Waals surface area contributed by atoms with Crippen molar-refractivity contribution in [2.24, 2.45) is 0 Å². The summed E-state index contributed by atoms with van der Waals surface area (Å²) >= 11 is 0. The first-order chi connectivity index (χ1) is 23.3. The molecule has 1 aromatic rings. The topological polar surface area (TPSA) is 306 Å². The van der Waals surface area contributed by atoms with E-state index >= 15 is 0 Å². The van der Waals surface area contributed by atoms with Gasteiger partial charge in [-0.15, -0.1) is 0 Å². The minimum Gasteiger partial charge on any atom is -0.504 e. The fraction of sp³-hybridized carbons (Fsp3) is 0.613. The molecule has 0 aromatic heterocycles. The van der Waals surface area contributed by atoms with Crippen LogP contribution in [0.25, 0.3) is 6.08 Å². The van der Waals surface area contributed by atoms with Gasteiger partial charge in [0.05, 0.1) is 32.7 Å². The standard InChI is InChI=1S/C31H42O19/c1-14(33)47-19-10-31(44,9-17(35)23(19)39)29(43)50-30(2,11-21(36)37)12-22(38)46-6-4-5-15-7-16(34)27(18(8-15)45-3)49-28-26(42)25(41)24(40)20(13-32)48-28/h4-5,7-8,17,19-20,23-26,28,32,34-35,39-42,44H,6,9-13H2,1-3H3,(H,36,37). The molecule has 1 heterocycles. The predicted molar refractivity (Wildman–Crippen MR) is 162 cm³/mol. The van der Waals surface area contributed by atoms with Crippen molar-refractivity contribution in [2.45, 2.75) is 99.8 Å². The molecule has 1 saturated heterocycles. The van der Waals surface area contributed by atoms with Crippen LogP contribution in [-0.4, -0.2) is 150 Å². The highest BCUT2D eigenvalue weighted by molar-refractivity contribution is 5.82. The number of rotatable bonds is 14. The number of phenolic OH excluding ortho intramolecular Hbond substituents is 1. The maximum Gasteiger partial charge on any atom is 0.338 e. The summed E-state index contributed by atoms with van der Waals surface area (Å²) in [7, 11) is 1.24. The molecule has 9 N–H and O–H groups in total. The van der Waals surface area contributed by atoms with Gasteiger partial charge in [-0.1, -0.05) is 6.08 Å². The van der Waals surface area contributed by atoms with Crippen molar-refractivity contribution < 1.29 is 93.6 Å². The quantitative estimate of drug-likeness (QED) is 0.0708. The van der Waals surface area contributed by atoms with Gasteiger partial charge in [0.1, 0.15) is 48.8 Å². The maximum atomic E-state index is 13.0. The first kappa shape index (κ1) is 40.4. The second kappa shape index (κ2) is 16.8. The zero-order valence-electron chi connectivity index (χ0n) is 27.3. The summed E-state index contributed by atoms with van der Waals surface area (Å²) in [6, 6.07) is 2.57. The number of esters is 3. The highest BCUT2D eigenvalue weighted by Gasteiger charge is 2.53. The second-order valence-electron chi connectivity index (χ2n) is 12.2. The summed E-state index contributed by atoms with van der Waals surface area (Å²) in [5, 5.41) is 90.8. The van der Waals surface area contributed by atoms with Gasteiger partial charge in [-0.05, 0) is 30.7 Å². The van der Waals surface area contributed by atoms with Gasteiger partial charge in [0, 0.05) is 19.8 Å². The number of aliphatic carboxylic acids is 1. The summed E-state index contributed by atoms with van der Waals surface area (Å²) in [6.07, 6.45) is -13.2. The van der Waals surface area contributed by atoms with Gasteiger partial charge in [-0.2, -0.15) is 0 Å². The molecule has 19 heteroatoms. The molecule has 3 rings (SSSR count). The molecule has 1 aliphatic heterocycles. The number of carbonyl (C=O) groups excluding carboxylic acids is 3. The van der Waals surface area contributed by atoms with Crippen LogP contribution in [-0.2, 0) is 38.1 Å². The Morgan fingerprint density at radius 1 is 1.02 bits per heavy atom. The maximum absolute atomic E-state index is 13.0. The Morgan fingerprint density at radius 2 is 1.70 bits per heavy atom. The third-order valence-corrected chi connectivity index (χ3v) is 7.95. The summed E-state index contributed by atoms with van der Waals surface area (Å²) in [5.41, 5.74) is -4.26. The number of methoxy groups -OCH3 is 1. The lowest BCUT2D eigenvalue weighted by Gasteiger charge is -2.41. The van der Waals surface area contributed by atoms with Crippen molar-refractivity contribution in [1.82, 2.24) is 0 Å². The van der Waals surface area contributed by atoms with Gasteiger partial charge < -0.3 is 74.4 Å². The van der Waals surface area contributed by atoms with Crippen LogP contribution < -0.4 is 9.47 Å². The van der Waals surface area contributed by atoms with Crippen LogP contribution in [0.5, 0.6) is 17.2 Å². The van der Waals surface area contributed by atoms with E-state index in [1.54, 1.807) is 0 Å². The van der Waals surface area contributed by atoms with Gasteiger partial charge in [0.25, 0.3) is 0 Å². The number of aromatic hydroxyl groups is 1. The number of ether oxygens (including phenoxy) is 6. The Kier molecular flexibility index (Phi) is 13.5. The van der Waals surface area contributed by atoms with E-state index in [0.29, 0.717) is 5.56 Å². The largest absolute Gasteiger partial charge is 0.504 e. The molecule has 2 aliphatic rings. The first-order valence-electron chi connectivity index (χ1n) is 15.2. The van der Waals surface area contributed by atoms with E-state index < -0.39 is 122 Å². The fourth-order valence-electron chi connectivity index (χ4n) is 5.45. The van der Waals surface area contributed by atoms with Gasteiger partial charge in [0.2, 0.25) is 12.0 Å². The SMILES string of the molecule is COc1cc(C=CCOC(=O)CC(C)(CC(=O)O)OC(=O)C2(O)CC(O)C(O)C(OC(C)=O)C2)cc(O)c1OC1OC(CO)C(O)C(O)C1O. The summed E-state index contributed by atoms with van der Waals surface area (Å²) in [6.45, 7) is 1.03. The van der Waals surface area contributed by atoms with E-state index in [-0.39, 0.29) is 18.1 Å². The smallest absolute Gasteiger partial charge is 0.338 e. The van der Waals surface area contributed by atoms with E-state index in [4.69, 9.17) is 28.4 Å². The monoisotopic (exact) mass is 718 g/mol. The molecule has 19 nitrogen and oxygen atoms in total. The fourth-order valence-corrected chi connectivity index (χ4v) is 5.45. The van der Waals surface area contributed by atoms with Gasteiger partial charge >= 0.3 is 23.9 Å². The van der Waals surface area contributed by atoms with Gasteiger partial charge in [-0.25, -0.2) is 4.79 Å². The first-order valence-corrected chi connectivity index (χ1v) is 15.2. The van der Waals surface area contributed by atoms with Gasteiger partial charge in [-0.3, -0.25) is 14.4 Å². The zero-order valence-corrected chi connectivity index (χ0v) is 27.3. The Bertz CT molecular complexity index is 1410. The van der Waals surface area contributed by atoms with Crippen LogP contribution in [0, 0.1) is 0 Å². The molecule has 2 fully saturated rings. The highest BCUT2D eigenvalue weighted by atomic mass is 16.7. The van der Waals surface area contributed by atoms with Crippen LogP contribution in [0.4, 0.5) is 0 Å². The number of carboxylic acid groups (broad SMARTS) is 1. The summed E-state index contributed by atoms with van der Waals surface area (Å²) in [5.74, 6) is -5.65. The number of hydrogen-bond acceptors (Lipinski definition) is 18. The van der Waals surface area contributed by atoms with E-state index in [1.807, 2.05) is 0 Å². The molecule has 0 spiro atoms. The molecule has 1 saturated carbocycles. The van der Waals surface area contributed by atoms with Crippen LogP contribution in [0.2, 0.25) is 0 Å². The lowest BCUT2D eigenvalue weighted by Crippen LogP contribution is -2.60. The number of aliphatic hydroxyl groups is 7. The molecular formula is C31H42O19. The number of aliphatic hydroxyl groups excluding tert-OH is 6. The van der Waals surface area contributed by atoms with Crippen molar-refractivity contribution in [3.8, 4) is 17.2 Å². The zero-order chi connectivity index (χ0) is 37.6. The Morgan fingerprint density at radius 3 is 2.30 bits per heavy atom. The van der Waals surface area contributed by atoms with Crippen molar-refractivity contribution in [3.05, 3.63) is 23.8 Å². The van der Waals surface area contributed by atoms with Crippen LogP contribution >= 0.6 is 0 Å². The number of benzene rings is 1. The molecule has 1 aromatic carbocycles. The summed E-state index contributed by atoms with van der Waals surface area (Å²) in [4.78, 5) is 48.7. The van der Waals surface area contributed by atoms with E-state index in [2.05, 4.69) is 0 Å². The molecule has 50 heavy (non-hydrogen) atoms. The molecule has 1 aliphatic carbocycles. The number of hydrogen-bond donors (Lipinski definition) is 9. The minimum absolute atomic E-state index is 0.0642. The van der Waals surface area contributed by atoms with E-state index in [1.165, 1.54) is 31.4 Å². The lowest BCUT2D eigenvalue weighted by molar-refractivity contribution is -0.277. The molecule has 280 valence electrons. The van der Waals surface area contributed by atoms with Crippen LogP contribution in [0.3, 0.4) is 0 Å². The molecule has 10 atom stereocenters. The third kappa shape index (κ3) is 10.0. The van der Waals surface area contributed by atoms with Gasteiger partial charge in [0.15, 0.2) is 17.1 Å². The number of carbonyl (C=O) groups is 4. The van der Waals surface area contributed by atoms with Crippen molar-refractivity contribution in [1.29, 1.82) is 0 Å². The van der Waals surface area contributed by atoms with Crippen molar-refractivity contribution >= 4 is 30.0 Å². The number of phenols is 1. The Balaban J connectivity index is 1.65. The summed E-state index contributed by atoms with van der Waals surface area (Å²) < 4.78 is 31.3. The molecule has 0 radical (unpaired) electrons. The number of carboxylic acids is 1. The second-order valence-corrected chi connectivity index (χ2v) is 12.2. The Hall–Kier alpha value is -4.08. The lowest BCUT2D eigenvalue weighted by atomic mass is 9.79. The van der Waals surface area contributed by atoms with Crippen molar-refractivity contribution in [3.63, 3.8) is 0 Å².